The molecule has 16 heavy (non-hydrogen) atoms. The lowest BCUT2D eigenvalue weighted by Gasteiger charge is -2.21. The average Bonchev–Trinajstić information content (AvgIpc) is 2.11. The summed E-state index contributed by atoms with van der Waals surface area (Å²) in [6.07, 6.45) is -4.32. The number of alkyl halides is 2. The molecule has 6 heteroatoms. The summed E-state index contributed by atoms with van der Waals surface area (Å²) in [4.78, 5) is 10.1. The van der Waals surface area contributed by atoms with Gasteiger partial charge in [0.2, 0.25) is 0 Å². The van der Waals surface area contributed by atoms with Crippen molar-refractivity contribution in [1.82, 2.24) is 0 Å². The number of hydrogen-bond acceptors (Lipinski definition) is 3. The highest BCUT2D eigenvalue weighted by molar-refractivity contribution is 14.1. The third-order valence-electron chi connectivity index (χ3n) is 1.89. The maximum atomic E-state index is 12.8. The van der Waals surface area contributed by atoms with E-state index in [9.17, 15) is 18.7 Å². The van der Waals surface area contributed by atoms with Gasteiger partial charge in [-0.25, -0.2) is 0 Å². The first-order valence-corrected chi connectivity index (χ1v) is 5.37. The number of aliphatic carboxylic acids is 1. The van der Waals surface area contributed by atoms with Gasteiger partial charge in [-0.05, 0) is 59.7 Å². The number of benzene rings is 1. The molecule has 0 atom stereocenters. The molecule has 0 aliphatic carbocycles. The Kier molecular flexibility index (Phi) is 3.72. The van der Waals surface area contributed by atoms with E-state index in [2.05, 4.69) is 4.74 Å². The van der Waals surface area contributed by atoms with E-state index in [0.29, 0.717) is 11.1 Å². The second-order valence-corrected chi connectivity index (χ2v) is 4.52. The number of hydrogen-bond donors (Lipinski definition) is 0. The van der Waals surface area contributed by atoms with Crippen LogP contribution in [0.1, 0.15) is 11.1 Å². The quantitative estimate of drug-likeness (QED) is 0.786. The number of carboxylic acid groups (broad SMARTS) is 1. The Labute approximate surface area is 105 Å². The highest BCUT2D eigenvalue weighted by Crippen LogP contribution is 2.30. The minimum Gasteiger partial charge on any atom is -0.541 e. The van der Waals surface area contributed by atoms with Crippen molar-refractivity contribution in [2.45, 2.75) is 20.0 Å². The Morgan fingerprint density at radius 2 is 1.81 bits per heavy atom. The van der Waals surface area contributed by atoms with Crippen LogP contribution < -0.4 is 9.84 Å². The summed E-state index contributed by atoms with van der Waals surface area (Å²) in [6.45, 7) is 3.13. The second kappa shape index (κ2) is 4.52. The van der Waals surface area contributed by atoms with Crippen LogP contribution in [0.25, 0.3) is 0 Å². The van der Waals surface area contributed by atoms with Gasteiger partial charge >= 0.3 is 6.11 Å². The van der Waals surface area contributed by atoms with E-state index in [1.54, 1.807) is 26.0 Å². The van der Waals surface area contributed by atoms with Gasteiger partial charge in [-0.1, -0.05) is 0 Å². The molecule has 0 radical (unpaired) electrons. The molecule has 0 fully saturated rings. The number of rotatable bonds is 3. The smallest absolute Gasteiger partial charge is 0.441 e. The molecule has 1 rings (SSSR count). The van der Waals surface area contributed by atoms with Crippen molar-refractivity contribution >= 4 is 28.6 Å². The number of halogens is 3. The van der Waals surface area contributed by atoms with Crippen LogP contribution in [-0.4, -0.2) is 12.1 Å². The molecule has 0 aliphatic rings. The van der Waals surface area contributed by atoms with Gasteiger partial charge in [0.1, 0.15) is 5.75 Å². The molecule has 0 amide bonds. The molecule has 0 aliphatic heterocycles. The largest absolute Gasteiger partial charge is 0.541 e. The average molecular weight is 341 g/mol. The van der Waals surface area contributed by atoms with Crippen molar-refractivity contribution in [2.75, 3.05) is 0 Å². The molecule has 0 aromatic heterocycles. The number of carbonyl (C=O) groups excluding carboxylic acids is 1. The summed E-state index contributed by atoms with van der Waals surface area (Å²) in [5.41, 5.74) is 0.899. The zero-order valence-electron chi connectivity index (χ0n) is 8.51. The van der Waals surface area contributed by atoms with Crippen LogP contribution in [0.15, 0.2) is 12.1 Å². The van der Waals surface area contributed by atoms with E-state index in [-0.39, 0.29) is 5.75 Å². The molecular formula is C10H8F2IO3-. The predicted octanol–water partition coefficient (Wildman–Crippen LogP) is 1.63. The van der Waals surface area contributed by atoms with Crippen LogP contribution >= 0.6 is 22.6 Å². The third-order valence-corrected chi connectivity index (χ3v) is 2.52. The van der Waals surface area contributed by atoms with Crippen molar-refractivity contribution in [3.8, 4) is 5.75 Å². The fourth-order valence-electron chi connectivity index (χ4n) is 1.23. The highest BCUT2D eigenvalue weighted by Gasteiger charge is 2.35. The van der Waals surface area contributed by atoms with Gasteiger partial charge < -0.3 is 14.6 Å². The molecule has 0 saturated heterocycles. The molecule has 88 valence electrons. The molecular weight excluding hydrogens is 333 g/mol. The molecule has 3 nitrogen and oxygen atoms in total. The molecule has 1 aromatic rings. The van der Waals surface area contributed by atoms with Crippen LogP contribution in [0.4, 0.5) is 8.78 Å². The van der Waals surface area contributed by atoms with Crippen LogP contribution in [0.3, 0.4) is 0 Å². The van der Waals surface area contributed by atoms with Crippen molar-refractivity contribution < 1.29 is 23.4 Å². The Bertz CT molecular complexity index is 409. The standard InChI is InChI=1S/C10H9F2IO3/c1-5-3-7(13)4-6(2)8(5)16-10(11,12)9(14)15/h3-4H,1-2H3,(H,14,15)/p-1. The minimum atomic E-state index is -4.32. The zero-order chi connectivity index (χ0) is 12.5. The van der Waals surface area contributed by atoms with E-state index in [1.807, 2.05) is 22.6 Å². The maximum Gasteiger partial charge on any atom is 0.441 e. The molecule has 0 N–H and O–H groups in total. The fraction of sp³-hybridized carbons (Fsp3) is 0.300. The molecule has 0 heterocycles. The molecule has 0 saturated carbocycles. The lowest BCUT2D eigenvalue weighted by Crippen LogP contribution is -2.45. The van der Waals surface area contributed by atoms with E-state index < -0.39 is 12.1 Å². The van der Waals surface area contributed by atoms with Gasteiger partial charge in [0.05, 0.1) is 0 Å². The molecule has 0 spiro atoms. The first-order chi connectivity index (χ1) is 7.24. The SMILES string of the molecule is Cc1cc(I)cc(C)c1OC(F)(F)C(=O)[O-]. The number of carbonyl (C=O) groups is 1. The van der Waals surface area contributed by atoms with Crippen LogP contribution in [0, 0.1) is 17.4 Å². The van der Waals surface area contributed by atoms with Gasteiger partial charge in [-0.2, -0.15) is 8.78 Å². The summed E-state index contributed by atoms with van der Waals surface area (Å²) in [6, 6.07) is 3.24. The Hall–Kier alpha value is -0.920. The van der Waals surface area contributed by atoms with E-state index in [1.165, 1.54) is 0 Å². The number of carboxylic acids is 1. The molecule has 0 bridgehead atoms. The van der Waals surface area contributed by atoms with Crippen molar-refractivity contribution in [3.05, 3.63) is 26.8 Å². The van der Waals surface area contributed by atoms with E-state index >= 15 is 0 Å². The van der Waals surface area contributed by atoms with Crippen molar-refractivity contribution in [3.63, 3.8) is 0 Å². The summed E-state index contributed by atoms with van der Waals surface area (Å²) in [5.74, 6) is -2.68. The lowest BCUT2D eigenvalue weighted by atomic mass is 10.1. The Morgan fingerprint density at radius 1 is 1.38 bits per heavy atom. The summed E-state index contributed by atoms with van der Waals surface area (Å²) < 4.78 is 30.7. The number of aryl methyl sites for hydroxylation is 2. The topological polar surface area (TPSA) is 49.4 Å². The maximum absolute atomic E-state index is 12.8. The number of ether oxygens (including phenoxy) is 1. The second-order valence-electron chi connectivity index (χ2n) is 3.28. The molecule has 0 unspecified atom stereocenters. The van der Waals surface area contributed by atoms with Gasteiger partial charge in [0, 0.05) is 3.57 Å². The summed E-state index contributed by atoms with van der Waals surface area (Å²) in [5, 5.41) is 10.1. The van der Waals surface area contributed by atoms with Crippen LogP contribution in [0.2, 0.25) is 0 Å². The first kappa shape index (κ1) is 13.1. The van der Waals surface area contributed by atoms with Gasteiger partial charge in [0.25, 0.3) is 0 Å². The zero-order valence-corrected chi connectivity index (χ0v) is 10.7. The predicted molar refractivity (Wildman–Crippen MR) is 59.2 cm³/mol. The lowest BCUT2D eigenvalue weighted by molar-refractivity contribution is -0.350. The Balaban J connectivity index is 3.11. The van der Waals surface area contributed by atoms with Gasteiger partial charge in [-0.15, -0.1) is 0 Å². The summed E-state index contributed by atoms with van der Waals surface area (Å²) in [7, 11) is 0. The monoisotopic (exact) mass is 341 g/mol. The first-order valence-electron chi connectivity index (χ1n) is 4.29. The van der Waals surface area contributed by atoms with Gasteiger partial charge in [0.15, 0.2) is 5.97 Å². The van der Waals surface area contributed by atoms with E-state index in [4.69, 9.17) is 0 Å². The highest BCUT2D eigenvalue weighted by atomic mass is 127. The van der Waals surface area contributed by atoms with E-state index in [0.717, 1.165) is 3.57 Å². The van der Waals surface area contributed by atoms with Crippen LogP contribution in [-0.2, 0) is 4.79 Å². The fourth-order valence-corrected chi connectivity index (χ4v) is 2.16. The molecule has 1 aromatic carbocycles. The van der Waals surface area contributed by atoms with Crippen molar-refractivity contribution in [1.29, 1.82) is 0 Å². The minimum absolute atomic E-state index is 0.130. The van der Waals surface area contributed by atoms with Crippen LogP contribution in [0.5, 0.6) is 5.75 Å². The third kappa shape index (κ3) is 2.81. The van der Waals surface area contributed by atoms with Crippen molar-refractivity contribution in [2.24, 2.45) is 0 Å². The Morgan fingerprint density at radius 3 is 2.19 bits per heavy atom. The summed E-state index contributed by atoms with van der Waals surface area (Å²) >= 11 is 2.03. The van der Waals surface area contributed by atoms with Gasteiger partial charge in [-0.3, -0.25) is 0 Å². The normalized spacial score (nSPS) is 11.3.